The van der Waals surface area contributed by atoms with Crippen LogP contribution >= 0.6 is 0 Å². The fraction of sp³-hybridized carbons (Fsp3) is 0.647. The van der Waals surface area contributed by atoms with E-state index >= 15 is 0 Å². The predicted molar refractivity (Wildman–Crippen MR) is 80.8 cm³/mol. The van der Waals surface area contributed by atoms with E-state index in [1.807, 2.05) is 0 Å². The molecule has 1 aliphatic heterocycles. The summed E-state index contributed by atoms with van der Waals surface area (Å²) in [6.45, 7) is 8.78. The van der Waals surface area contributed by atoms with Gasteiger partial charge in [0.15, 0.2) is 0 Å². The molecule has 1 aromatic carbocycles. The summed E-state index contributed by atoms with van der Waals surface area (Å²) in [6, 6.07) is 9.16. The third-order valence-corrected chi connectivity index (χ3v) is 4.08. The first kappa shape index (κ1) is 14.4. The molecule has 3 atom stereocenters. The van der Waals surface area contributed by atoms with Gasteiger partial charge in [-0.25, -0.2) is 0 Å². The van der Waals surface area contributed by atoms with Crippen LogP contribution in [0.25, 0.3) is 0 Å². The molecule has 0 radical (unpaired) electrons. The quantitative estimate of drug-likeness (QED) is 0.836. The van der Waals surface area contributed by atoms with Crippen molar-refractivity contribution in [3.63, 3.8) is 0 Å². The Balaban J connectivity index is 1.93. The minimum atomic E-state index is 0.620. The molecule has 106 valence electrons. The molecule has 0 spiro atoms. The smallest absolute Gasteiger partial charge is 0.122 e. The first-order valence-electron chi connectivity index (χ1n) is 7.65. The Morgan fingerprint density at radius 1 is 1.32 bits per heavy atom. The van der Waals surface area contributed by atoms with Crippen molar-refractivity contribution in [3.8, 4) is 5.75 Å². The minimum absolute atomic E-state index is 0.620. The Morgan fingerprint density at radius 2 is 2.11 bits per heavy atom. The van der Waals surface area contributed by atoms with Crippen LogP contribution in [0.15, 0.2) is 24.3 Å². The number of para-hydroxylation sites is 1. The molecule has 2 rings (SSSR count). The maximum Gasteiger partial charge on any atom is 0.122 e. The Hall–Kier alpha value is -1.02. The van der Waals surface area contributed by atoms with Crippen molar-refractivity contribution in [2.75, 3.05) is 13.2 Å². The molecule has 1 N–H and O–H groups in total. The molecule has 0 aliphatic carbocycles. The summed E-state index contributed by atoms with van der Waals surface area (Å²) in [4.78, 5) is 0. The van der Waals surface area contributed by atoms with Crippen LogP contribution in [-0.2, 0) is 0 Å². The lowest BCUT2D eigenvalue weighted by molar-refractivity contribution is 0.249. The van der Waals surface area contributed by atoms with Gasteiger partial charge in [-0.3, -0.25) is 0 Å². The van der Waals surface area contributed by atoms with E-state index in [0.29, 0.717) is 12.0 Å². The lowest BCUT2D eigenvalue weighted by Crippen LogP contribution is -2.28. The molecule has 0 bridgehead atoms. The topological polar surface area (TPSA) is 21.3 Å². The van der Waals surface area contributed by atoms with Crippen LogP contribution in [0, 0.1) is 5.92 Å². The maximum absolute atomic E-state index is 5.74. The zero-order valence-corrected chi connectivity index (χ0v) is 12.5. The summed E-state index contributed by atoms with van der Waals surface area (Å²) >= 11 is 0. The second kappa shape index (κ2) is 6.95. The molecule has 1 heterocycles. The van der Waals surface area contributed by atoms with E-state index in [9.17, 15) is 0 Å². The average molecular weight is 261 g/mol. The summed E-state index contributed by atoms with van der Waals surface area (Å²) in [5.41, 5.74) is 1.41. The van der Waals surface area contributed by atoms with E-state index in [1.165, 1.54) is 18.4 Å². The SMILES string of the molecule is CCNC(C)CC(C)CC1CCOc2ccccc21. The first-order valence-corrected chi connectivity index (χ1v) is 7.65. The van der Waals surface area contributed by atoms with Gasteiger partial charge in [0.05, 0.1) is 6.61 Å². The van der Waals surface area contributed by atoms with E-state index < -0.39 is 0 Å². The third kappa shape index (κ3) is 3.97. The van der Waals surface area contributed by atoms with E-state index in [0.717, 1.165) is 31.2 Å². The Morgan fingerprint density at radius 3 is 2.89 bits per heavy atom. The summed E-state index contributed by atoms with van der Waals surface area (Å²) < 4.78 is 5.74. The van der Waals surface area contributed by atoms with Crippen molar-refractivity contribution >= 4 is 0 Å². The fourth-order valence-corrected chi connectivity index (χ4v) is 3.28. The van der Waals surface area contributed by atoms with Gasteiger partial charge in [-0.1, -0.05) is 32.0 Å². The molecule has 2 nitrogen and oxygen atoms in total. The Labute approximate surface area is 117 Å². The van der Waals surface area contributed by atoms with Gasteiger partial charge in [-0.15, -0.1) is 0 Å². The molecule has 3 unspecified atom stereocenters. The predicted octanol–water partition coefficient (Wildman–Crippen LogP) is 3.97. The summed E-state index contributed by atoms with van der Waals surface area (Å²) in [6.07, 6.45) is 3.69. The van der Waals surface area contributed by atoms with E-state index in [1.54, 1.807) is 0 Å². The number of rotatable bonds is 6. The molecule has 0 saturated carbocycles. The molecule has 0 fully saturated rings. The second-order valence-electron chi connectivity index (χ2n) is 5.91. The van der Waals surface area contributed by atoms with Crippen LogP contribution < -0.4 is 10.1 Å². The normalized spacial score (nSPS) is 21.3. The van der Waals surface area contributed by atoms with Gasteiger partial charge < -0.3 is 10.1 Å². The van der Waals surface area contributed by atoms with Crippen LogP contribution in [0.4, 0.5) is 0 Å². The average Bonchev–Trinajstić information content (AvgIpc) is 2.39. The third-order valence-electron chi connectivity index (χ3n) is 4.08. The van der Waals surface area contributed by atoms with E-state index in [4.69, 9.17) is 4.74 Å². The summed E-state index contributed by atoms with van der Waals surface area (Å²) in [5, 5.41) is 3.51. The van der Waals surface area contributed by atoms with Gasteiger partial charge in [0, 0.05) is 6.04 Å². The van der Waals surface area contributed by atoms with Crippen LogP contribution in [0.3, 0.4) is 0 Å². The highest BCUT2D eigenvalue weighted by Crippen LogP contribution is 2.37. The lowest BCUT2D eigenvalue weighted by Gasteiger charge is -2.28. The number of fused-ring (bicyclic) bond motifs is 1. The number of hydrogen-bond acceptors (Lipinski definition) is 2. The van der Waals surface area contributed by atoms with Crippen LogP contribution in [0.5, 0.6) is 5.75 Å². The van der Waals surface area contributed by atoms with E-state index in [-0.39, 0.29) is 0 Å². The monoisotopic (exact) mass is 261 g/mol. The van der Waals surface area contributed by atoms with Crippen LogP contribution in [0.1, 0.15) is 51.5 Å². The minimum Gasteiger partial charge on any atom is -0.493 e. The number of hydrogen-bond donors (Lipinski definition) is 1. The van der Waals surface area contributed by atoms with Gasteiger partial charge in [0.1, 0.15) is 5.75 Å². The molecule has 0 amide bonds. The van der Waals surface area contributed by atoms with Crippen molar-refractivity contribution in [1.82, 2.24) is 5.32 Å². The van der Waals surface area contributed by atoms with Crippen molar-refractivity contribution in [2.45, 2.75) is 52.0 Å². The standard InChI is InChI=1S/C17H27NO/c1-4-18-14(3)11-13(2)12-15-9-10-19-17-8-6-5-7-16(15)17/h5-8,13-15,18H,4,9-12H2,1-3H3. The number of benzene rings is 1. The van der Waals surface area contributed by atoms with Gasteiger partial charge in [-0.05, 0) is 56.2 Å². The molecule has 2 heteroatoms. The zero-order chi connectivity index (χ0) is 13.7. The molecule has 19 heavy (non-hydrogen) atoms. The van der Waals surface area contributed by atoms with Gasteiger partial charge in [-0.2, -0.15) is 0 Å². The number of ether oxygens (including phenoxy) is 1. The highest BCUT2D eigenvalue weighted by molar-refractivity contribution is 5.37. The molecule has 1 aliphatic rings. The van der Waals surface area contributed by atoms with Crippen LogP contribution in [-0.4, -0.2) is 19.2 Å². The number of nitrogens with one attached hydrogen (secondary N) is 1. The second-order valence-corrected chi connectivity index (χ2v) is 5.91. The van der Waals surface area contributed by atoms with Gasteiger partial charge >= 0.3 is 0 Å². The highest BCUT2D eigenvalue weighted by Gasteiger charge is 2.23. The molecular weight excluding hydrogens is 234 g/mol. The molecule has 1 aromatic rings. The van der Waals surface area contributed by atoms with Crippen molar-refractivity contribution in [3.05, 3.63) is 29.8 Å². The highest BCUT2D eigenvalue weighted by atomic mass is 16.5. The lowest BCUT2D eigenvalue weighted by atomic mass is 9.83. The van der Waals surface area contributed by atoms with E-state index in [2.05, 4.69) is 50.4 Å². The van der Waals surface area contributed by atoms with Crippen molar-refractivity contribution < 1.29 is 4.74 Å². The molecule has 0 aromatic heterocycles. The Kier molecular flexibility index (Phi) is 5.26. The fourth-order valence-electron chi connectivity index (χ4n) is 3.28. The van der Waals surface area contributed by atoms with Crippen molar-refractivity contribution in [1.29, 1.82) is 0 Å². The molecular formula is C17H27NO. The Bertz CT molecular complexity index is 391. The largest absolute Gasteiger partial charge is 0.493 e. The van der Waals surface area contributed by atoms with Crippen molar-refractivity contribution in [2.24, 2.45) is 5.92 Å². The summed E-state index contributed by atoms with van der Waals surface area (Å²) in [7, 11) is 0. The van der Waals surface area contributed by atoms with Gasteiger partial charge in [0.2, 0.25) is 0 Å². The first-order chi connectivity index (χ1) is 9.20. The zero-order valence-electron chi connectivity index (χ0n) is 12.5. The maximum atomic E-state index is 5.74. The molecule has 0 saturated heterocycles. The van der Waals surface area contributed by atoms with Crippen LogP contribution in [0.2, 0.25) is 0 Å². The van der Waals surface area contributed by atoms with Gasteiger partial charge in [0.25, 0.3) is 0 Å². The summed E-state index contributed by atoms with van der Waals surface area (Å²) in [5.74, 6) is 2.53.